The summed E-state index contributed by atoms with van der Waals surface area (Å²) in [5.41, 5.74) is 4.04. The lowest BCUT2D eigenvalue weighted by Crippen LogP contribution is -2.53. The summed E-state index contributed by atoms with van der Waals surface area (Å²) in [4.78, 5) is 29.4. The topological polar surface area (TPSA) is 49.4 Å². The van der Waals surface area contributed by atoms with Crippen molar-refractivity contribution in [2.45, 2.75) is 70.5 Å². The minimum atomic E-state index is -0.609. The van der Waals surface area contributed by atoms with E-state index in [1.165, 1.54) is 6.42 Å². The Morgan fingerprint density at radius 3 is 2.28 bits per heavy atom. The Morgan fingerprint density at radius 2 is 1.58 bits per heavy atom. The molecule has 4 nitrogen and oxygen atoms in total. The van der Waals surface area contributed by atoms with Crippen LogP contribution in [0.15, 0.2) is 78.9 Å². The zero-order valence-electron chi connectivity index (χ0n) is 21.0. The van der Waals surface area contributed by atoms with Crippen LogP contribution in [0.2, 0.25) is 5.02 Å². The molecule has 0 bridgehead atoms. The minimum absolute atomic E-state index is 0.0719. The molecule has 3 aromatic carbocycles. The molecule has 0 heterocycles. The molecule has 0 radical (unpaired) electrons. The van der Waals surface area contributed by atoms with Crippen molar-refractivity contribution in [3.05, 3.63) is 106 Å². The first kappa shape index (κ1) is 26.0. The molecule has 1 atom stereocenters. The van der Waals surface area contributed by atoms with E-state index >= 15 is 0 Å². The zero-order chi connectivity index (χ0) is 25.3. The fraction of sp³-hybridized carbons (Fsp3) is 0.355. The van der Waals surface area contributed by atoms with Gasteiger partial charge in [-0.2, -0.15) is 0 Å². The number of aryl methyl sites for hydroxylation is 1. The largest absolute Gasteiger partial charge is 0.352 e. The van der Waals surface area contributed by atoms with Gasteiger partial charge in [0, 0.05) is 24.0 Å². The predicted octanol–water partition coefficient (Wildman–Crippen LogP) is 6.28. The number of nitrogens with one attached hydrogen (secondary N) is 1. The Balaban J connectivity index is 1.65. The Hall–Kier alpha value is -3.11. The summed E-state index contributed by atoms with van der Waals surface area (Å²) in [7, 11) is 0. The van der Waals surface area contributed by atoms with Gasteiger partial charge in [-0.1, -0.05) is 103 Å². The van der Waals surface area contributed by atoms with Crippen LogP contribution in [0, 0.1) is 6.92 Å². The average molecular weight is 503 g/mol. The van der Waals surface area contributed by atoms with Crippen LogP contribution in [0.3, 0.4) is 0 Å². The van der Waals surface area contributed by atoms with E-state index in [2.05, 4.69) is 5.32 Å². The zero-order valence-corrected chi connectivity index (χ0v) is 21.7. The highest BCUT2D eigenvalue weighted by atomic mass is 35.5. The number of benzene rings is 3. The molecule has 1 saturated carbocycles. The highest BCUT2D eigenvalue weighted by Gasteiger charge is 2.32. The van der Waals surface area contributed by atoms with Gasteiger partial charge in [0.15, 0.2) is 0 Å². The third kappa shape index (κ3) is 7.44. The van der Waals surface area contributed by atoms with Crippen LogP contribution in [-0.2, 0) is 29.0 Å². The average Bonchev–Trinajstić information content (AvgIpc) is 2.88. The molecule has 1 aliphatic carbocycles. The molecule has 0 aliphatic heterocycles. The summed E-state index contributed by atoms with van der Waals surface area (Å²) in [6.07, 6.45) is 6.14. The van der Waals surface area contributed by atoms with E-state index in [0.29, 0.717) is 18.0 Å². The molecule has 0 unspecified atom stereocenters. The van der Waals surface area contributed by atoms with Crippen molar-refractivity contribution in [1.29, 1.82) is 0 Å². The first-order valence-corrected chi connectivity index (χ1v) is 13.3. The van der Waals surface area contributed by atoms with E-state index in [4.69, 9.17) is 11.6 Å². The predicted molar refractivity (Wildman–Crippen MR) is 146 cm³/mol. The van der Waals surface area contributed by atoms with E-state index in [1.807, 2.05) is 79.7 Å². The van der Waals surface area contributed by atoms with Gasteiger partial charge in [-0.25, -0.2) is 0 Å². The van der Waals surface area contributed by atoms with Crippen molar-refractivity contribution < 1.29 is 9.59 Å². The maximum Gasteiger partial charge on any atom is 0.243 e. The van der Waals surface area contributed by atoms with Gasteiger partial charge in [0.25, 0.3) is 0 Å². The highest BCUT2D eigenvalue weighted by Crippen LogP contribution is 2.21. The summed E-state index contributed by atoms with van der Waals surface area (Å²) >= 11 is 6.19. The molecule has 2 amide bonds. The normalized spacial score (nSPS) is 14.7. The second-order valence-electron chi connectivity index (χ2n) is 9.86. The summed E-state index contributed by atoms with van der Waals surface area (Å²) in [5, 5.41) is 3.89. The molecule has 5 heteroatoms. The second-order valence-corrected chi connectivity index (χ2v) is 10.3. The van der Waals surface area contributed by atoms with Gasteiger partial charge in [-0.15, -0.1) is 0 Å². The minimum Gasteiger partial charge on any atom is -0.352 e. The number of nitrogens with zero attached hydrogens (tertiary/aromatic N) is 1. The fourth-order valence-corrected chi connectivity index (χ4v) is 5.12. The number of carbonyl (C=O) groups is 2. The number of carbonyl (C=O) groups excluding carboxylic acids is 2. The van der Waals surface area contributed by atoms with Crippen molar-refractivity contribution in [3.8, 4) is 0 Å². The molecule has 188 valence electrons. The Labute approximate surface area is 219 Å². The van der Waals surface area contributed by atoms with Gasteiger partial charge in [0.2, 0.25) is 11.8 Å². The summed E-state index contributed by atoms with van der Waals surface area (Å²) in [5.74, 6) is -0.158. The molecule has 1 aliphatic rings. The molecular formula is C31H35ClN2O2. The number of hydrogen-bond donors (Lipinski definition) is 1. The molecular weight excluding hydrogens is 468 g/mol. The Bertz CT molecular complexity index is 1140. The van der Waals surface area contributed by atoms with E-state index in [0.717, 1.165) is 47.9 Å². The molecule has 1 fully saturated rings. The van der Waals surface area contributed by atoms with E-state index in [1.54, 1.807) is 11.0 Å². The van der Waals surface area contributed by atoms with Crippen molar-refractivity contribution in [2.24, 2.45) is 0 Å². The molecule has 3 aromatic rings. The number of rotatable bonds is 9. The standard InChI is InChI=1S/C31H35ClN2O2/c1-23-15-17-25(18-16-23)22-34(30(35)21-26-11-8-12-27(32)19-26)29(20-24-9-4-2-5-10-24)31(36)33-28-13-6-3-7-14-28/h2,4-5,8-12,15-19,28-29H,3,6-7,13-14,20-22H2,1H3,(H,33,36)/t29-/m1/s1. The third-order valence-corrected chi connectivity index (χ3v) is 7.18. The molecule has 4 rings (SSSR count). The van der Waals surface area contributed by atoms with Crippen molar-refractivity contribution in [2.75, 3.05) is 0 Å². The van der Waals surface area contributed by atoms with Crippen LogP contribution in [0.25, 0.3) is 0 Å². The van der Waals surface area contributed by atoms with Gasteiger partial charge in [-0.05, 0) is 48.6 Å². The van der Waals surface area contributed by atoms with Gasteiger partial charge >= 0.3 is 0 Å². The number of amides is 2. The SMILES string of the molecule is Cc1ccc(CN(C(=O)Cc2cccc(Cl)c2)[C@H](Cc2ccccc2)C(=O)NC2CCCCC2)cc1. The van der Waals surface area contributed by atoms with Crippen LogP contribution < -0.4 is 5.32 Å². The van der Waals surface area contributed by atoms with E-state index in [9.17, 15) is 9.59 Å². The van der Waals surface area contributed by atoms with E-state index < -0.39 is 6.04 Å². The highest BCUT2D eigenvalue weighted by molar-refractivity contribution is 6.30. The lowest BCUT2D eigenvalue weighted by atomic mass is 9.94. The van der Waals surface area contributed by atoms with Crippen LogP contribution in [0.1, 0.15) is 54.4 Å². The summed E-state index contributed by atoms with van der Waals surface area (Å²) < 4.78 is 0. The van der Waals surface area contributed by atoms with Crippen molar-refractivity contribution >= 4 is 23.4 Å². The summed E-state index contributed by atoms with van der Waals surface area (Å²) in [6, 6.07) is 25.1. The third-order valence-electron chi connectivity index (χ3n) is 6.94. The molecule has 0 saturated heterocycles. The van der Waals surface area contributed by atoms with Crippen molar-refractivity contribution in [1.82, 2.24) is 10.2 Å². The van der Waals surface area contributed by atoms with Crippen LogP contribution in [0.4, 0.5) is 0 Å². The maximum atomic E-state index is 13.8. The van der Waals surface area contributed by atoms with Crippen LogP contribution in [0.5, 0.6) is 0 Å². The quantitative estimate of drug-likeness (QED) is 0.374. The maximum absolute atomic E-state index is 13.8. The van der Waals surface area contributed by atoms with Crippen molar-refractivity contribution in [3.63, 3.8) is 0 Å². The van der Waals surface area contributed by atoms with E-state index in [-0.39, 0.29) is 24.3 Å². The molecule has 36 heavy (non-hydrogen) atoms. The van der Waals surface area contributed by atoms with Crippen LogP contribution in [-0.4, -0.2) is 28.8 Å². The van der Waals surface area contributed by atoms with Crippen LogP contribution >= 0.6 is 11.6 Å². The summed E-state index contributed by atoms with van der Waals surface area (Å²) in [6.45, 7) is 2.41. The first-order valence-electron chi connectivity index (χ1n) is 12.9. The van der Waals surface area contributed by atoms with Gasteiger partial charge in [0.1, 0.15) is 6.04 Å². The molecule has 1 N–H and O–H groups in total. The first-order chi connectivity index (χ1) is 17.5. The fourth-order valence-electron chi connectivity index (χ4n) is 4.91. The van der Waals surface area contributed by atoms with Gasteiger partial charge in [0.05, 0.1) is 6.42 Å². The number of hydrogen-bond acceptors (Lipinski definition) is 2. The van der Waals surface area contributed by atoms with Gasteiger partial charge < -0.3 is 10.2 Å². The Kier molecular flexibility index (Phi) is 9.18. The lowest BCUT2D eigenvalue weighted by Gasteiger charge is -2.33. The second kappa shape index (κ2) is 12.7. The van der Waals surface area contributed by atoms with Gasteiger partial charge in [-0.3, -0.25) is 9.59 Å². The molecule has 0 aromatic heterocycles. The monoisotopic (exact) mass is 502 g/mol. The Morgan fingerprint density at radius 1 is 0.889 bits per heavy atom. The molecule has 0 spiro atoms. The lowest BCUT2D eigenvalue weighted by molar-refractivity contribution is -0.141. The number of halogens is 1. The smallest absolute Gasteiger partial charge is 0.243 e.